The molecule has 0 radical (unpaired) electrons. The van der Waals surface area contributed by atoms with Crippen LogP contribution in [0.4, 0.5) is 18.9 Å². The van der Waals surface area contributed by atoms with Crippen LogP contribution in [-0.4, -0.2) is 31.1 Å². The maximum Gasteiger partial charge on any atom is 0.416 e. The van der Waals surface area contributed by atoms with Gasteiger partial charge in [0.15, 0.2) is 0 Å². The SMILES string of the molecule is CN(CCO)c1ccc(C(F)(F)F)cc1C(=N)N. The minimum Gasteiger partial charge on any atom is -0.395 e. The summed E-state index contributed by atoms with van der Waals surface area (Å²) in [5, 5.41) is 16.1. The second kappa shape index (κ2) is 5.26. The Morgan fingerprint density at radius 2 is 2.06 bits per heavy atom. The number of hydrogen-bond acceptors (Lipinski definition) is 3. The average Bonchev–Trinajstić information content (AvgIpc) is 2.27. The number of aliphatic hydroxyl groups excluding tert-OH is 1. The highest BCUT2D eigenvalue weighted by Crippen LogP contribution is 2.32. The van der Waals surface area contributed by atoms with Gasteiger partial charge in [-0.3, -0.25) is 5.41 Å². The second-order valence-corrected chi connectivity index (χ2v) is 3.79. The van der Waals surface area contributed by atoms with Crippen LogP contribution in [0.15, 0.2) is 18.2 Å². The molecule has 0 saturated carbocycles. The number of nitrogen functional groups attached to an aromatic ring is 1. The summed E-state index contributed by atoms with van der Waals surface area (Å²) >= 11 is 0. The largest absolute Gasteiger partial charge is 0.416 e. The van der Waals surface area contributed by atoms with E-state index in [-0.39, 0.29) is 18.7 Å². The van der Waals surface area contributed by atoms with Crippen LogP contribution in [0.5, 0.6) is 0 Å². The summed E-state index contributed by atoms with van der Waals surface area (Å²) in [6.45, 7) is 0.0977. The van der Waals surface area contributed by atoms with Crippen molar-refractivity contribution in [3.63, 3.8) is 0 Å². The number of hydrogen-bond donors (Lipinski definition) is 3. The molecule has 0 atom stereocenters. The summed E-state index contributed by atoms with van der Waals surface area (Å²) < 4.78 is 37.6. The number of nitrogens with one attached hydrogen (secondary N) is 1. The van der Waals surface area contributed by atoms with Crippen LogP contribution in [0.1, 0.15) is 11.1 Å². The zero-order valence-electron chi connectivity index (χ0n) is 9.75. The van der Waals surface area contributed by atoms with Crippen molar-refractivity contribution in [2.45, 2.75) is 6.18 Å². The molecule has 1 aromatic carbocycles. The van der Waals surface area contributed by atoms with E-state index in [1.807, 2.05) is 0 Å². The predicted octanol–water partition coefficient (Wildman–Crippen LogP) is 1.42. The summed E-state index contributed by atoms with van der Waals surface area (Å²) in [5.41, 5.74) is 4.81. The Bertz CT molecular complexity index is 446. The molecule has 4 nitrogen and oxygen atoms in total. The summed E-state index contributed by atoms with van der Waals surface area (Å²) in [6, 6.07) is 3.01. The van der Waals surface area contributed by atoms with E-state index >= 15 is 0 Å². The van der Waals surface area contributed by atoms with Crippen LogP contribution in [0.2, 0.25) is 0 Å². The number of nitrogens with two attached hydrogens (primary N) is 1. The van der Waals surface area contributed by atoms with Crippen molar-refractivity contribution in [1.29, 1.82) is 5.41 Å². The standard InChI is InChI=1S/C11H14F3N3O/c1-17(4-5-18)9-3-2-7(11(12,13)14)6-8(9)10(15)16/h2-3,6,18H,4-5H2,1H3,(H3,15,16). The molecule has 0 bridgehead atoms. The van der Waals surface area contributed by atoms with E-state index in [1.54, 1.807) is 7.05 Å². The van der Waals surface area contributed by atoms with Gasteiger partial charge in [-0.1, -0.05) is 0 Å². The zero-order valence-corrected chi connectivity index (χ0v) is 9.75. The van der Waals surface area contributed by atoms with E-state index < -0.39 is 17.6 Å². The monoisotopic (exact) mass is 261 g/mol. The van der Waals surface area contributed by atoms with E-state index in [0.29, 0.717) is 5.69 Å². The van der Waals surface area contributed by atoms with Crippen molar-refractivity contribution in [2.75, 3.05) is 25.1 Å². The van der Waals surface area contributed by atoms with Crippen LogP contribution in [0.3, 0.4) is 0 Å². The molecule has 0 saturated heterocycles. The number of nitrogens with zero attached hydrogens (tertiary/aromatic N) is 1. The molecule has 7 heteroatoms. The van der Waals surface area contributed by atoms with Gasteiger partial charge in [-0.15, -0.1) is 0 Å². The summed E-state index contributed by atoms with van der Waals surface area (Å²) in [4.78, 5) is 1.54. The zero-order chi connectivity index (χ0) is 13.9. The molecule has 100 valence electrons. The lowest BCUT2D eigenvalue weighted by molar-refractivity contribution is -0.137. The van der Waals surface area contributed by atoms with Gasteiger partial charge in [-0.25, -0.2) is 0 Å². The number of benzene rings is 1. The Morgan fingerprint density at radius 1 is 1.44 bits per heavy atom. The minimum atomic E-state index is -4.47. The Balaban J connectivity index is 3.25. The van der Waals surface area contributed by atoms with Gasteiger partial charge in [0.2, 0.25) is 0 Å². The van der Waals surface area contributed by atoms with Gasteiger partial charge < -0.3 is 15.7 Å². The van der Waals surface area contributed by atoms with Gasteiger partial charge in [-0.2, -0.15) is 13.2 Å². The molecule has 1 rings (SSSR count). The van der Waals surface area contributed by atoms with Crippen molar-refractivity contribution >= 4 is 11.5 Å². The number of anilines is 1. The van der Waals surface area contributed by atoms with Crippen molar-refractivity contribution in [3.05, 3.63) is 29.3 Å². The van der Waals surface area contributed by atoms with Crippen LogP contribution in [0.25, 0.3) is 0 Å². The smallest absolute Gasteiger partial charge is 0.395 e. The third-order valence-electron chi connectivity index (χ3n) is 2.46. The fourth-order valence-electron chi connectivity index (χ4n) is 1.53. The van der Waals surface area contributed by atoms with Gasteiger partial charge in [0.1, 0.15) is 5.84 Å². The Kier molecular flexibility index (Phi) is 4.18. The van der Waals surface area contributed by atoms with Crippen LogP contribution >= 0.6 is 0 Å². The quantitative estimate of drug-likeness (QED) is 0.567. The molecule has 0 spiro atoms. The van der Waals surface area contributed by atoms with Crippen molar-refractivity contribution in [1.82, 2.24) is 0 Å². The first kappa shape index (κ1) is 14.3. The first-order valence-corrected chi connectivity index (χ1v) is 5.15. The molecule has 0 heterocycles. The van der Waals surface area contributed by atoms with E-state index in [2.05, 4.69) is 0 Å². The third-order valence-corrected chi connectivity index (χ3v) is 2.46. The molecule has 0 aromatic heterocycles. The molecule has 0 aliphatic rings. The van der Waals surface area contributed by atoms with Crippen LogP contribution < -0.4 is 10.6 Å². The lowest BCUT2D eigenvalue weighted by Gasteiger charge is -2.22. The Labute approximate surface area is 102 Å². The molecule has 4 N–H and O–H groups in total. The highest BCUT2D eigenvalue weighted by atomic mass is 19.4. The molecule has 0 aliphatic heterocycles. The number of aliphatic hydroxyl groups is 1. The molecular formula is C11H14F3N3O. The summed E-state index contributed by atoms with van der Waals surface area (Å²) in [6.07, 6.45) is -4.47. The number of alkyl halides is 3. The Morgan fingerprint density at radius 3 is 2.50 bits per heavy atom. The van der Waals surface area contributed by atoms with Crippen molar-refractivity contribution in [3.8, 4) is 0 Å². The van der Waals surface area contributed by atoms with Crippen LogP contribution in [0, 0.1) is 5.41 Å². The highest BCUT2D eigenvalue weighted by Gasteiger charge is 2.31. The number of amidine groups is 1. The fraction of sp³-hybridized carbons (Fsp3) is 0.364. The van der Waals surface area contributed by atoms with Crippen LogP contribution in [-0.2, 0) is 6.18 Å². The maximum absolute atomic E-state index is 12.5. The molecule has 1 aromatic rings. The van der Waals surface area contributed by atoms with Crippen molar-refractivity contribution < 1.29 is 18.3 Å². The van der Waals surface area contributed by atoms with E-state index in [0.717, 1.165) is 12.1 Å². The van der Waals surface area contributed by atoms with Gasteiger partial charge in [-0.05, 0) is 18.2 Å². The summed E-state index contributed by atoms with van der Waals surface area (Å²) in [5.74, 6) is -0.444. The lowest BCUT2D eigenvalue weighted by Crippen LogP contribution is -2.25. The molecule has 0 unspecified atom stereocenters. The number of halogens is 3. The normalized spacial score (nSPS) is 11.4. The third kappa shape index (κ3) is 3.13. The average molecular weight is 261 g/mol. The molecule has 0 aliphatic carbocycles. The summed E-state index contributed by atoms with van der Waals surface area (Å²) in [7, 11) is 1.60. The molecule has 18 heavy (non-hydrogen) atoms. The predicted molar refractivity (Wildman–Crippen MR) is 62.8 cm³/mol. The van der Waals surface area contributed by atoms with Gasteiger partial charge in [0.25, 0.3) is 0 Å². The lowest BCUT2D eigenvalue weighted by atomic mass is 10.1. The maximum atomic E-state index is 12.5. The van der Waals surface area contributed by atoms with Gasteiger partial charge in [0.05, 0.1) is 12.2 Å². The molecular weight excluding hydrogens is 247 g/mol. The highest BCUT2D eigenvalue weighted by molar-refractivity contribution is 6.00. The minimum absolute atomic E-state index is 0.000718. The molecule has 0 amide bonds. The van der Waals surface area contributed by atoms with E-state index in [1.165, 1.54) is 11.0 Å². The van der Waals surface area contributed by atoms with E-state index in [4.69, 9.17) is 16.2 Å². The van der Waals surface area contributed by atoms with Crippen molar-refractivity contribution in [2.24, 2.45) is 5.73 Å². The topological polar surface area (TPSA) is 73.3 Å². The van der Waals surface area contributed by atoms with Gasteiger partial charge >= 0.3 is 6.18 Å². The fourth-order valence-corrected chi connectivity index (χ4v) is 1.53. The Hall–Kier alpha value is -1.76. The van der Waals surface area contributed by atoms with E-state index in [9.17, 15) is 13.2 Å². The van der Waals surface area contributed by atoms with Gasteiger partial charge in [0, 0.05) is 24.8 Å². The number of likely N-dealkylation sites (N-methyl/N-ethyl adjacent to an activating group) is 1. The second-order valence-electron chi connectivity index (χ2n) is 3.79. The first-order chi connectivity index (χ1) is 8.27. The number of rotatable bonds is 4. The molecule has 0 fully saturated rings. The first-order valence-electron chi connectivity index (χ1n) is 5.15.